The van der Waals surface area contributed by atoms with Crippen LogP contribution in [-0.4, -0.2) is 46.9 Å². The lowest BCUT2D eigenvalue weighted by Crippen LogP contribution is -2.46. The Kier molecular flexibility index (Phi) is 51.5. The van der Waals surface area contributed by atoms with Crippen LogP contribution in [0, 0.1) is 0 Å². The number of unbranched alkanes of at least 4 members (excludes halogenated alkanes) is 32. The second-order valence-electron chi connectivity index (χ2n) is 19.4. The molecule has 0 aliphatic carbocycles. The summed E-state index contributed by atoms with van der Waals surface area (Å²) in [5.41, 5.74) is 0. The van der Waals surface area contributed by atoms with Gasteiger partial charge in [0.2, 0.25) is 5.91 Å². The molecule has 384 valence electrons. The number of hydrogen-bond acceptors (Lipinski definition) is 5. The number of aliphatic hydroxyl groups is 2. The van der Waals surface area contributed by atoms with Crippen molar-refractivity contribution in [3.8, 4) is 0 Å². The molecule has 0 saturated carbocycles. The molecule has 6 nitrogen and oxygen atoms in total. The van der Waals surface area contributed by atoms with E-state index < -0.39 is 18.2 Å². The van der Waals surface area contributed by atoms with Crippen molar-refractivity contribution in [2.45, 2.75) is 302 Å². The molecule has 3 N–H and O–H groups in total. The van der Waals surface area contributed by atoms with Gasteiger partial charge in [-0.3, -0.25) is 9.59 Å². The molecule has 0 aliphatic rings. The van der Waals surface area contributed by atoms with Crippen LogP contribution in [0.4, 0.5) is 0 Å². The molecule has 0 heterocycles. The molecule has 3 unspecified atom stereocenters. The zero-order valence-corrected chi connectivity index (χ0v) is 43.8. The van der Waals surface area contributed by atoms with E-state index in [1.54, 1.807) is 0 Å². The van der Waals surface area contributed by atoms with Crippen LogP contribution in [0.2, 0.25) is 0 Å². The minimum atomic E-state index is -0.796. The van der Waals surface area contributed by atoms with Crippen molar-refractivity contribution in [2.24, 2.45) is 0 Å². The Bertz CT molecular complexity index is 1170. The average molecular weight is 925 g/mol. The van der Waals surface area contributed by atoms with E-state index in [2.05, 4.69) is 86.8 Å². The van der Waals surface area contributed by atoms with Crippen molar-refractivity contribution < 1.29 is 24.5 Å². The van der Waals surface area contributed by atoms with Crippen molar-refractivity contribution in [3.05, 3.63) is 60.8 Å². The van der Waals surface area contributed by atoms with Gasteiger partial charge < -0.3 is 20.3 Å². The van der Waals surface area contributed by atoms with Crippen molar-refractivity contribution in [3.63, 3.8) is 0 Å². The topological polar surface area (TPSA) is 95.9 Å². The summed E-state index contributed by atoms with van der Waals surface area (Å²) < 4.78 is 5.95. The molecule has 0 radical (unpaired) electrons. The molecule has 1 amide bonds. The summed E-state index contributed by atoms with van der Waals surface area (Å²) in [7, 11) is 0. The molecule has 0 aromatic heterocycles. The first-order valence-electron chi connectivity index (χ1n) is 28.6. The van der Waals surface area contributed by atoms with Crippen LogP contribution in [0.25, 0.3) is 0 Å². The highest BCUT2D eigenvalue weighted by atomic mass is 16.5. The maximum absolute atomic E-state index is 13.3. The van der Waals surface area contributed by atoms with Crippen LogP contribution in [0.1, 0.15) is 284 Å². The van der Waals surface area contributed by atoms with Crippen LogP contribution >= 0.6 is 0 Å². The first-order chi connectivity index (χ1) is 32.5. The smallest absolute Gasteiger partial charge is 0.306 e. The number of ether oxygens (including phenoxy) is 1. The average Bonchev–Trinajstić information content (AvgIpc) is 3.31. The van der Waals surface area contributed by atoms with Crippen molar-refractivity contribution in [1.29, 1.82) is 0 Å². The maximum Gasteiger partial charge on any atom is 0.306 e. The first kappa shape index (κ1) is 63.6. The monoisotopic (exact) mass is 924 g/mol. The fourth-order valence-electron chi connectivity index (χ4n) is 8.56. The predicted molar refractivity (Wildman–Crippen MR) is 287 cm³/mol. The number of amides is 1. The second-order valence-corrected chi connectivity index (χ2v) is 19.4. The molecule has 0 bridgehead atoms. The van der Waals surface area contributed by atoms with Crippen LogP contribution in [-0.2, 0) is 14.3 Å². The Morgan fingerprint density at radius 1 is 0.439 bits per heavy atom. The molecule has 0 fully saturated rings. The quantitative estimate of drug-likeness (QED) is 0.0244. The summed E-state index contributed by atoms with van der Waals surface area (Å²) >= 11 is 0. The van der Waals surface area contributed by atoms with Gasteiger partial charge in [-0.25, -0.2) is 0 Å². The lowest BCUT2D eigenvalue weighted by Gasteiger charge is -2.24. The SMILES string of the molecule is CCCCC/C=C/C=C/C=C/C=C/CCCCCCCC(=O)OC(CCCCCCC/C=C/CCCCCCCC)CC(=O)NC(CO)C(O)CCCCCCCCCCCCCCCC. The van der Waals surface area contributed by atoms with Crippen LogP contribution in [0.15, 0.2) is 60.8 Å². The van der Waals surface area contributed by atoms with E-state index in [1.165, 1.54) is 148 Å². The van der Waals surface area contributed by atoms with E-state index in [4.69, 9.17) is 4.74 Å². The lowest BCUT2D eigenvalue weighted by atomic mass is 10.0. The van der Waals surface area contributed by atoms with Crippen LogP contribution < -0.4 is 5.32 Å². The number of carbonyl (C=O) groups excluding carboxylic acids is 2. The highest BCUT2D eigenvalue weighted by Gasteiger charge is 2.24. The fraction of sp³-hybridized carbons (Fsp3) is 0.800. The standard InChI is InChI=1S/C60H109NO5/c1-4-7-10-13-16-19-22-25-28-29-30-32-35-38-41-44-47-50-53-60(65)66-56(51-48-45-42-39-36-33-31-26-23-20-17-14-11-8-5-2)54-59(64)61-57(55-62)58(63)52-49-46-43-40-37-34-27-24-21-18-15-12-9-6-3/h16,19,22,25-26,28-32,56-58,62-63H,4-15,17-18,20-21,23-24,27,33-55H2,1-3H3,(H,61,64)/b19-16+,25-22+,29-28+,31-26+,32-30+. The Morgan fingerprint density at radius 2 is 0.788 bits per heavy atom. The second kappa shape index (κ2) is 53.5. The summed E-state index contributed by atoms with van der Waals surface area (Å²) in [6, 6.07) is -0.711. The van der Waals surface area contributed by atoms with Gasteiger partial charge in [0.25, 0.3) is 0 Å². The van der Waals surface area contributed by atoms with Gasteiger partial charge in [0, 0.05) is 6.42 Å². The number of carbonyl (C=O) groups is 2. The molecule has 3 atom stereocenters. The minimum Gasteiger partial charge on any atom is -0.462 e. The molecule has 0 aromatic carbocycles. The molecule has 0 aliphatic heterocycles. The van der Waals surface area contributed by atoms with Crippen molar-refractivity contribution >= 4 is 11.9 Å². The first-order valence-corrected chi connectivity index (χ1v) is 28.6. The van der Waals surface area contributed by atoms with Gasteiger partial charge in [-0.05, 0) is 77.0 Å². The zero-order valence-electron chi connectivity index (χ0n) is 43.8. The third-order valence-electron chi connectivity index (χ3n) is 12.9. The molecule has 6 heteroatoms. The molecule has 66 heavy (non-hydrogen) atoms. The molecular formula is C60H109NO5. The van der Waals surface area contributed by atoms with E-state index in [9.17, 15) is 19.8 Å². The van der Waals surface area contributed by atoms with Crippen LogP contribution in [0.3, 0.4) is 0 Å². The van der Waals surface area contributed by atoms with Gasteiger partial charge in [-0.2, -0.15) is 0 Å². The maximum atomic E-state index is 13.3. The summed E-state index contributed by atoms with van der Waals surface area (Å²) in [4.78, 5) is 26.3. The van der Waals surface area contributed by atoms with E-state index in [-0.39, 0.29) is 24.9 Å². The van der Waals surface area contributed by atoms with Crippen molar-refractivity contribution in [1.82, 2.24) is 5.32 Å². The van der Waals surface area contributed by atoms with Gasteiger partial charge in [-0.1, -0.05) is 255 Å². The van der Waals surface area contributed by atoms with E-state index in [0.29, 0.717) is 19.3 Å². The number of aliphatic hydroxyl groups excluding tert-OH is 2. The highest BCUT2D eigenvalue weighted by molar-refractivity contribution is 5.77. The molecular weight excluding hydrogens is 815 g/mol. The van der Waals surface area contributed by atoms with Gasteiger partial charge >= 0.3 is 5.97 Å². The van der Waals surface area contributed by atoms with Gasteiger partial charge in [0.1, 0.15) is 6.10 Å². The number of nitrogens with one attached hydrogen (secondary N) is 1. The largest absolute Gasteiger partial charge is 0.462 e. The van der Waals surface area contributed by atoms with E-state index >= 15 is 0 Å². The molecule has 0 spiro atoms. The van der Waals surface area contributed by atoms with E-state index in [1.807, 2.05) is 0 Å². The normalized spacial score (nSPS) is 13.6. The Balaban J connectivity index is 4.62. The number of hydrogen-bond donors (Lipinski definition) is 3. The highest BCUT2D eigenvalue weighted by Crippen LogP contribution is 2.18. The van der Waals surface area contributed by atoms with Gasteiger partial charge in [0.15, 0.2) is 0 Å². The molecule has 0 rings (SSSR count). The predicted octanol–water partition coefficient (Wildman–Crippen LogP) is 17.6. The summed E-state index contributed by atoms with van der Waals surface area (Å²) in [5, 5.41) is 23.9. The van der Waals surface area contributed by atoms with Gasteiger partial charge in [0.05, 0.1) is 25.2 Å². The van der Waals surface area contributed by atoms with Crippen LogP contribution in [0.5, 0.6) is 0 Å². The molecule has 0 saturated heterocycles. The lowest BCUT2D eigenvalue weighted by molar-refractivity contribution is -0.151. The number of rotatable bonds is 51. The summed E-state index contributed by atoms with van der Waals surface area (Å²) in [6.45, 7) is 6.46. The van der Waals surface area contributed by atoms with E-state index in [0.717, 1.165) is 89.9 Å². The third kappa shape index (κ3) is 48.0. The number of allylic oxidation sites excluding steroid dienone is 10. The zero-order chi connectivity index (χ0) is 48.1. The Hall–Kier alpha value is -2.44. The fourth-order valence-corrected chi connectivity index (χ4v) is 8.56. The van der Waals surface area contributed by atoms with Crippen molar-refractivity contribution in [2.75, 3.05) is 6.61 Å². The summed E-state index contributed by atoms with van der Waals surface area (Å²) in [6.07, 6.45) is 67.0. The number of esters is 1. The Morgan fingerprint density at radius 3 is 1.24 bits per heavy atom. The minimum absolute atomic E-state index is 0.0619. The molecule has 0 aromatic rings. The van der Waals surface area contributed by atoms with Gasteiger partial charge in [-0.15, -0.1) is 0 Å². The Labute approximate surface area is 409 Å². The summed E-state index contributed by atoms with van der Waals surface area (Å²) in [5.74, 6) is -0.501. The third-order valence-corrected chi connectivity index (χ3v) is 12.9.